The monoisotopic (exact) mass is 1990 g/mol. The molecule has 0 fully saturated rings. The third-order valence-electron chi connectivity index (χ3n) is 20.3. The molecule has 0 heterocycles. The molecule has 52 heteroatoms. The second-order valence-electron chi connectivity index (χ2n) is 31.0. The Kier molecular flexibility index (Phi) is 82.2. The minimum Gasteiger partial charge on any atom is -0.549 e. The van der Waals surface area contributed by atoms with Crippen LogP contribution in [-0.2, 0) is 117 Å². The summed E-state index contributed by atoms with van der Waals surface area (Å²) in [4.78, 5) is 187. The number of carboxylic acid groups (broad SMARTS) is 12. The van der Waals surface area contributed by atoms with Crippen LogP contribution < -0.4 is 45.0 Å². The van der Waals surface area contributed by atoms with Crippen molar-refractivity contribution in [1.29, 1.82) is 0 Å². The fourth-order valence-electron chi connectivity index (χ4n) is 13.2. The molecule has 0 bridgehead atoms. The van der Waals surface area contributed by atoms with Crippen LogP contribution in [0.3, 0.4) is 0 Å². The molecule has 0 rings (SSSR count). The van der Waals surface area contributed by atoms with Crippen molar-refractivity contribution in [2.45, 2.75) is 381 Å². The highest BCUT2D eigenvalue weighted by atomic mass is 32.2. The molecule has 776 valence electrons. The standard InChI is InChI=1S/4C20H35NO10S.4H3N/c4*1-2-3-4-5-6-7-8-9-10-11-12-21(15(19(25)26)13-18(23)24)17(22)14-16(20(27)28)32(29,30)31;;;;/h4*15-16H,2-14H2,1H3,(H,23,24)(H,25,26)(H,27,28)(H,29,30,31);4*1H3. The van der Waals surface area contributed by atoms with E-state index in [0.717, 1.165) is 103 Å². The van der Waals surface area contributed by atoms with Crippen LogP contribution in [0.25, 0.3) is 0 Å². The fraction of sp³-hybridized carbons (Fsp3) is 0.800. The molecule has 8 unspecified atom stereocenters. The first-order chi connectivity index (χ1) is 59.6. The van der Waals surface area contributed by atoms with Gasteiger partial charge in [-0.3, -0.25) is 56.6 Å². The lowest BCUT2D eigenvalue weighted by molar-refractivity contribution is -0.306. The topological polar surface area (TPSA) is 904 Å². The Hall–Kier alpha value is -9.00. The van der Waals surface area contributed by atoms with Gasteiger partial charge in [0.25, 0.3) is 40.5 Å². The Balaban J connectivity index is -0.000000256. The van der Waals surface area contributed by atoms with E-state index < -0.39 is 232 Å². The first-order valence-corrected chi connectivity index (χ1v) is 49.3. The van der Waals surface area contributed by atoms with Crippen molar-refractivity contribution >= 4 is 136 Å². The van der Waals surface area contributed by atoms with Gasteiger partial charge in [0, 0.05) is 26.2 Å². The number of rotatable bonds is 76. The zero-order valence-corrected chi connectivity index (χ0v) is 80.9. The Morgan fingerprint density at radius 1 is 0.212 bits per heavy atom. The molecular formula is C80H152N8O40S4. The molecule has 28 N–H and O–H groups in total. The Labute approximate surface area is 773 Å². The average molecular weight is 1990 g/mol. The molecule has 48 nitrogen and oxygen atoms in total. The van der Waals surface area contributed by atoms with Gasteiger partial charge in [0.05, 0.1) is 75.2 Å². The summed E-state index contributed by atoms with van der Waals surface area (Å²) in [6.07, 6.45) is 29.7. The maximum absolute atomic E-state index is 12.5. The van der Waals surface area contributed by atoms with Crippen LogP contribution in [0.15, 0.2) is 0 Å². The number of carbonyl (C=O) groups is 16. The van der Waals surface area contributed by atoms with Crippen molar-refractivity contribution in [2.75, 3.05) is 26.2 Å². The molecule has 4 amide bonds. The second-order valence-corrected chi connectivity index (χ2v) is 37.4. The van der Waals surface area contributed by atoms with Crippen LogP contribution in [0.4, 0.5) is 0 Å². The van der Waals surface area contributed by atoms with Gasteiger partial charge in [-0.1, -0.05) is 259 Å². The molecule has 0 aromatic rings. The molecular weight excluding hydrogens is 1840 g/mol. The Bertz CT molecular complexity index is 3390. The van der Waals surface area contributed by atoms with Crippen molar-refractivity contribution in [1.82, 2.24) is 44.2 Å². The van der Waals surface area contributed by atoms with E-state index in [-0.39, 0.29) is 50.8 Å². The molecule has 0 aliphatic heterocycles. The third kappa shape index (κ3) is 68.9. The summed E-state index contributed by atoms with van der Waals surface area (Å²) < 4.78 is 126. The lowest BCUT2D eigenvalue weighted by Crippen LogP contribution is -2.50. The number of carboxylic acids is 12. The minimum absolute atomic E-state index is 0. The maximum Gasteiger partial charge on any atom is 0.327 e. The van der Waals surface area contributed by atoms with Crippen LogP contribution in [-0.4, -0.2) is 279 Å². The Morgan fingerprint density at radius 3 is 0.417 bits per heavy atom. The SMILES string of the molecule is CCCCCCCCCCCCN(C(=O)CC(C(=O)[O-])S(=O)(=O)O)C(CC(=O)O)C(=O)O.CCCCCCCCCCCCN(C(=O)CC(C(=O)[O-])S(=O)(=O)O)C(CC(=O)O)C(=O)O.CCCCCCCCCCCCN(C(=O)CC(C(=O)[O-])S(=O)(=O)O)C(CC(=O)O)C(=O)O.CCCCCCCCCCCCN(C(=O)CC(C(=O)[O-])S(=O)(=O)O)C(CC(=O)O)C(=O)O.[NH4+].[NH4+].[NH4+].[NH4+]. The number of quaternary nitrogens is 4. The van der Waals surface area contributed by atoms with E-state index >= 15 is 0 Å². The smallest absolute Gasteiger partial charge is 0.327 e. The summed E-state index contributed by atoms with van der Waals surface area (Å²) in [5.41, 5.74) is 0. The molecule has 8 atom stereocenters. The lowest BCUT2D eigenvalue weighted by atomic mass is 10.1. The van der Waals surface area contributed by atoms with Crippen LogP contribution >= 0.6 is 0 Å². The third-order valence-corrected chi connectivity index (χ3v) is 24.7. The highest BCUT2D eigenvalue weighted by Gasteiger charge is 2.41. The van der Waals surface area contributed by atoms with Gasteiger partial charge in [0.1, 0.15) is 45.2 Å². The number of hydrogen-bond acceptors (Lipinski definition) is 28. The normalized spacial score (nSPS) is 12.9. The first kappa shape index (κ1) is 138. The lowest BCUT2D eigenvalue weighted by Gasteiger charge is -2.29. The van der Waals surface area contributed by atoms with Crippen molar-refractivity contribution in [2.24, 2.45) is 0 Å². The summed E-state index contributed by atoms with van der Waals surface area (Å²) in [6.45, 7) is 7.80. The van der Waals surface area contributed by atoms with Gasteiger partial charge in [-0.15, -0.1) is 0 Å². The summed E-state index contributed by atoms with van der Waals surface area (Å²) >= 11 is 0. The van der Waals surface area contributed by atoms with Gasteiger partial charge in [-0.25, -0.2) is 19.2 Å². The largest absolute Gasteiger partial charge is 0.549 e. The zero-order valence-electron chi connectivity index (χ0n) is 77.6. The van der Waals surface area contributed by atoms with Crippen molar-refractivity contribution < 1.29 is 190 Å². The van der Waals surface area contributed by atoms with E-state index in [9.17, 15) is 151 Å². The molecule has 0 spiro atoms. The predicted molar refractivity (Wildman–Crippen MR) is 473 cm³/mol. The number of amides is 4. The number of nitrogens with zero attached hydrogens (tertiary/aromatic N) is 4. The number of unbranched alkanes of at least 4 members (excludes halogenated alkanes) is 36. The maximum atomic E-state index is 12.5. The summed E-state index contributed by atoms with van der Waals surface area (Å²) in [7, 11) is -20.7. The minimum atomic E-state index is -5.18. The quantitative estimate of drug-likeness (QED) is 0.0255. The van der Waals surface area contributed by atoms with Gasteiger partial charge < -0.3 is 125 Å². The van der Waals surface area contributed by atoms with Crippen molar-refractivity contribution in [3.63, 3.8) is 0 Å². The second kappa shape index (κ2) is 78.3. The Morgan fingerprint density at radius 2 is 0.326 bits per heavy atom. The number of carbonyl (C=O) groups excluding carboxylic acids is 8. The van der Waals surface area contributed by atoms with E-state index in [1.807, 2.05) is 0 Å². The number of hydrogen-bond donors (Lipinski definition) is 16. The van der Waals surface area contributed by atoms with Crippen molar-refractivity contribution in [3.05, 3.63) is 0 Å². The first-order valence-electron chi connectivity index (χ1n) is 43.3. The highest BCUT2D eigenvalue weighted by molar-refractivity contribution is 7.88. The van der Waals surface area contributed by atoms with E-state index in [4.69, 9.17) is 38.6 Å². The molecule has 0 aliphatic rings. The van der Waals surface area contributed by atoms with Crippen LogP contribution in [0.2, 0.25) is 0 Å². The van der Waals surface area contributed by atoms with Crippen LogP contribution in [0, 0.1) is 0 Å². The van der Waals surface area contributed by atoms with E-state index in [1.165, 1.54) is 103 Å². The van der Waals surface area contributed by atoms with Crippen molar-refractivity contribution in [3.8, 4) is 0 Å². The molecule has 132 heavy (non-hydrogen) atoms. The van der Waals surface area contributed by atoms with Crippen LogP contribution in [0.1, 0.15) is 336 Å². The molecule has 0 aromatic carbocycles. The zero-order chi connectivity index (χ0) is 98.9. The van der Waals surface area contributed by atoms with E-state index in [1.54, 1.807) is 0 Å². The molecule has 0 radical (unpaired) electrons. The molecule has 0 aromatic heterocycles. The van der Waals surface area contributed by atoms with Gasteiger partial charge in [-0.2, -0.15) is 33.7 Å². The fourth-order valence-corrected chi connectivity index (χ4v) is 15.6. The average Bonchev–Trinajstić information content (AvgIpc) is 0.846. The summed E-state index contributed by atoms with van der Waals surface area (Å²) in [5.74, 6) is -26.2. The van der Waals surface area contributed by atoms with Crippen LogP contribution in [0.5, 0.6) is 0 Å². The molecule has 0 aliphatic carbocycles. The summed E-state index contributed by atoms with van der Waals surface area (Å²) in [5, 5.41) is 107. The summed E-state index contributed by atoms with van der Waals surface area (Å²) in [6, 6.07) is -7.21. The van der Waals surface area contributed by atoms with E-state index in [2.05, 4.69) is 27.7 Å². The van der Waals surface area contributed by atoms with Gasteiger partial charge >= 0.3 is 47.8 Å². The molecule has 0 saturated heterocycles. The van der Waals surface area contributed by atoms with Gasteiger partial charge in [0.15, 0.2) is 0 Å². The van der Waals surface area contributed by atoms with Gasteiger partial charge in [0.2, 0.25) is 23.6 Å². The van der Waals surface area contributed by atoms with Gasteiger partial charge in [-0.05, 0) is 25.7 Å². The number of aliphatic carboxylic acids is 12. The molecule has 0 saturated carbocycles. The predicted octanol–water partition coefficient (Wildman–Crippen LogP) is 5.75. The van der Waals surface area contributed by atoms with E-state index in [0.29, 0.717) is 71.0 Å². The highest BCUT2D eigenvalue weighted by Crippen LogP contribution is 2.23.